The van der Waals surface area contributed by atoms with Gasteiger partial charge in [-0.15, -0.1) is 11.8 Å². The number of carbonyl (C=O) groups excluding carboxylic acids is 1. The van der Waals surface area contributed by atoms with E-state index in [1.165, 1.54) is 23.5 Å². The SMILES string of the molecule is CSC(C)COC(=O)C(C1=NCCCS1)[N+](=O)[O-]. The topological polar surface area (TPSA) is 81.8 Å². The van der Waals surface area contributed by atoms with Gasteiger partial charge in [-0.1, -0.05) is 6.92 Å². The van der Waals surface area contributed by atoms with E-state index in [0.717, 1.165) is 12.2 Å². The highest BCUT2D eigenvalue weighted by molar-refractivity contribution is 8.14. The molecule has 2 unspecified atom stereocenters. The molecule has 0 saturated carbocycles. The summed E-state index contributed by atoms with van der Waals surface area (Å²) in [7, 11) is 0. The lowest BCUT2D eigenvalue weighted by Crippen LogP contribution is -2.39. The molecule has 0 saturated heterocycles. The second-order valence-electron chi connectivity index (χ2n) is 3.79. The molecule has 1 rings (SSSR count). The fourth-order valence-corrected chi connectivity index (χ4v) is 2.47. The number of ether oxygens (including phenoxy) is 1. The van der Waals surface area contributed by atoms with Crippen LogP contribution < -0.4 is 0 Å². The molecule has 0 aromatic heterocycles. The zero-order valence-electron chi connectivity index (χ0n) is 10.3. The van der Waals surface area contributed by atoms with Crippen molar-refractivity contribution in [2.45, 2.75) is 24.6 Å². The molecule has 102 valence electrons. The predicted molar refractivity (Wildman–Crippen MR) is 74.1 cm³/mol. The summed E-state index contributed by atoms with van der Waals surface area (Å²) in [5, 5.41) is 11.4. The van der Waals surface area contributed by atoms with E-state index in [-0.39, 0.29) is 16.9 Å². The van der Waals surface area contributed by atoms with Crippen molar-refractivity contribution in [2.75, 3.05) is 25.2 Å². The van der Waals surface area contributed by atoms with Crippen molar-refractivity contribution in [3.63, 3.8) is 0 Å². The maximum atomic E-state index is 11.7. The van der Waals surface area contributed by atoms with Crippen molar-refractivity contribution in [1.29, 1.82) is 0 Å². The van der Waals surface area contributed by atoms with E-state index < -0.39 is 16.9 Å². The van der Waals surface area contributed by atoms with Crippen LogP contribution in [0.15, 0.2) is 4.99 Å². The van der Waals surface area contributed by atoms with Gasteiger partial charge in [0.25, 0.3) is 0 Å². The summed E-state index contributed by atoms with van der Waals surface area (Å²) in [4.78, 5) is 26.1. The first-order valence-corrected chi connectivity index (χ1v) is 7.83. The number of nitro groups is 1. The van der Waals surface area contributed by atoms with Crippen LogP contribution in [-0.2, 0) is 9.53 Å². The van der Waals surface area contributed by atoms with Crippen molar-refractivity contribution >= 4 is 34.5 Å². The molecule has 1 aliphatic rings. The summed E-state index contributed by atoms with van der Waals surface area (Å²) < 4.78 is 4.98. The monoisotopic (exact) mass is 292 g/mol. The first-order valence-electron chi connectivity index (χ1n) is 5.56. The summed E-state index contributed by atoms with van der Waals surface area (Å²) in [5.74, 6) is -0.0495. The maximum Gasteiger partial charge on any atom is 0.389 e. The minimum atomic E-state index is -1.45. The summed E-state index contributed by atoms with van der Waals surface area (Å²) in [6.45, 7) is 2.62. The molecule has 2 atom stereocenters. The van der Waals surface area contributed by atoms with E-state index in [0.29, 0.717) is 6.54 Å². The number of rotatable bonds is 6. The van der Waals surface area contributed by atoms with Gasteiger partial charge in [-0.3, -0.25) is 15.1 Å². The highest BCUT2D eigenvalue weighted by atomic mass is 32.2. The van der Waals surface area contributed by atoms with E-state index in [1.54, 1.807) is 0 Å². The van der Waals surface area contributed by atoms with Crippen molar-refractivity contribution in [1.82, 2.24) is 0 Å². The molecule has 8 heteroatoms. The Kier molecular flexibility index (Phi) is 6.48. The molecule has 0 bridgehead atoms. The van der Waals surface area contributed by atoms with Gasteiger partial charge in [0.05, 0.1) is 0 Å². The number of carbonyl (C=O) groups is 1. The van der Waals surface area contributed by atoms with Crippen LogP contribution >= 0.6 is 23.5 Å². The summed E-state index contributed by atoms with van der Waals surface area (Å²) in [6, 6.07) is -1.45. The van der Waals surface area contributed by atoms with Gasteiger partial charge in [-0.05, 0) is 12.7 Å². The second-order valence-corrected chi connectivity index (χ2v) is 6.18. The normalized spacial score (nSPS) is 18.7. The standard InChI is InChI=1S/C10H16N2O4S2/c1-7(17-2)6-16-10(13)8(12(14)15)9-11-4-3-5-18-9/h7-8H,3-6H2,1-2H3. The number of hydrogen-bond acceptors (Lipinski definition) is 7. The zero-order chi connectivity index (χ0) is 13.5. The van der Waals surface area contributed by atoms with E-state index in [9.17, 15) is 14.9 Å². The number of nitrogens with zero attached hydrogens (tertiary/aromatic N) is 2. The Morgan fingerprint density at radius 2 is 2.44 bits per heavy atom. The quantitative estimate of drug-likeness (QED) is 0.419. The molecule has 0 aliphatic carbocycles. The molecule has 0 N–H and O–H groups in total. The Balaban J connectivity index is 2.64. The minimum Gasteiger partial charge on any atom is -0.459 e. The Morgan fingerprint density at radius 1 is 1.72 bits per heavy atom. The fraction of sp³-hybridized carbons (Fsp3) is 0.800. The Morgan fingerprint density at radius 3 is 2.94 bits per heavy atom. The van der Waals surface area contributed by atoms with Crippen LogP contribution in [0.5, 0.6) is 0 Å². The van der Waals surface area contributed by atoms with Gasteiger partial charge >= 0.3 is 12.0 Å². The molecule has 1 aliphatic heterocycles. The lowest BCUT2D eigenvalue weighted by atomic mass is 10.3. The van der Waals surface area contributed by atoms with Gasteiger partial charge in [0, 0.05) is 22.5 Å². The van der Waals surface area contributed by atoms with Gasteiger partial charge in [-0.25, -0.2) is 4.79 Å². The second kappa shape index (κ2) is 7.63. The zero-order valence-corrected chi connectivity index (χ0v) is 12.0. The summed E-state index contributed by atoms with van der Waals surface area (Å²) in [6.07, 6.45) is 2.78. The third-order valence-corrected chi connectivity index (χ3v) is 4.43. The van der Waals surface area contributed by atoms with Gasteiger partial charge in [-0.2, -0.15) is 11.8 Å². The lowest BCUT2D eigenvalue weighted by molar-refractivity contribution is -0.491. The van der Waals surface area contributed by atoms with Gasteiger partial charge in [0.1, 0.15) is 6.61 Å². The Labute approximate surface area is 114 Å². The first kappa shape index (κ1) is 15.3. The highest BCUT2D eigenvalue weighted by Crippen LogP contribution is 2.18. The molecule has 1 heterocycles. The van der Waals surface area contributed by atoms with Crippen molar-refractivity contribution in [3.05, 3.63) is 10.1 Å². The van der Waals surface area contributed by atoms with Gasteiger partial charge < -0.3 is 4.74 Å². The summed E-state index contributed by atoms with van der Waals surface area (Å²) >= 11 is 2.81. The fourth-order valence-electron chi connectivity index (χ4n) is 1.27. The molecule has 6 nitrogen and oxygen atoms in total. The largest absolute Gasteiger partial charge is 0.459 e. The third kappa shape index (κ3) is 4.49. The third-order valence-electron chi connectivity index (χ3n) is 2.35. The number of esters is 1. The predicted octanol–water partition coefficient (Wildman–Crippen LogP) is 1.46. The van der Waals surface area contributed by atoms with Crippen LogP contribution in [0, 0.1) is 10.1 Å². The van der Waals surface area contributed by atoms with Crippen LogP contribution in [0.4, 0.5) is 0 Å². The van der Waals surface area contributed by atoms with Crippen molar-refractivity contribution in [2.24, 2.45) is 4.99 Å². The molecule has 18 heavy (non-hydrogen) atoms. The van der Waals surface area contributed by atoms with Crippen molar-refractivity contribution < 1.29 is 14.5 Å². The van der Waals surface area contributed by atoms with E-state index in [4.69, 9.17) is 4.74 Å². The molecule has 0 fully saturated rings. The van der Waals surface area contributed by atoms with E-state index >= 15 is 0 Å². The molecule has 0 aromatic carbocycles. The number of aliphatic imine (C=N–C) groups is 1. The average molecular weight is 292 g/mol. The molecule has 0 amide bonds. The van der Waals surface area contributed by atoms with E-state index in [2.05, 4.69) is 4.99 Å². The molecule has 0 spiro atoms. The maximum absolute atomic E-state index is 11.7. The van der Waals surface area contributed by atoms with E-state index in [1.807, 2.05) is 13.2 Å². The number of hydrogen-bond donors (Lipinski definition) is 0. The molecule has 0 radical (unpaired) electrons. The van der Waals surface area contributed by atoms with Crippen LogP contribution in [0.25, 0.3) is 0 Å². The van der Waals surface area contributed by atoms with Crippen LogP contribution in [-0.4, -0.2) is 52.4 Å². The Bertz CT molecular complexity index is 349. The molecule has 0 aromatic rings. The summed E-state index contributed by atoms with van der Waals surface area (Å²) in [5.41, 5.74) is 0. The van der Waals surface area contributed by atoms with Crippen LogP contribution in [0.1, 0.15) is 13.3 Å². The minimum absolute atomic E-state index is 0.127. The number of thioether (sulfide) groups is 2. The van der Waals surface area contributed by atoms with Crippen LogP contribution in [0.2, 0.25) is 0 Å². The van der Waals surface area contributed by atoms with Crippen molar-refractivity contribution in [3.8, 4) is 0 Å². The smallest absolute Gasteiger partial charge is 0.389 e. The first-order chi connectivity index (χ1) is 8.56. The molecular weight excluding hydrogens is 276 g/mol. The van der Waals surface area contributed by atoms with Gasteiger partial charge in [0.2, 0.25) is 0 Å². The Hall–Kier alpha value is -0.760. The van der Waals surface area contributed by atoms with Gasteiger partial charge in [0.15, 0.2) is 5.04 Å². The molecular formula is C10H16N2O4S2. The highest BCUT2D eigenvalue weighted by Gasteiger charge is 2.38. The lowest BCUT2D eigenvalue weighted by Gasteiger charge is -2.15. The average Bonchev–Trinajstić information content (AvgIpc) is 2.37. The van der Waals surface area contributed by atoms with Crippen LogP contribution in [0.3, 0.4) is 0 Å².